The molecule has 0 aromatic heterocycles. The normalized spacial score (nSPS) is 19.3. The Morgan fingerprint density at radius 2 is 2.27 bits per heavy atom. The molecule has 0 saturated carbocycles. The van der Waals surface area contributed by atoms with E-state index in [1.54, 1.807) is 12.1 Å². The van der Waals surface area contributed by atoms with Gasteiger partial charge in [0, 0.05) is 6.42 Å². The minimum absolute atomic E-state index is 0.247. The van der Waals surface area contributed by atoms with E-state index in [2.05, 4.69) is 0 Å². The summed E-state index contributed by atoms with van der Waals surface area (Å²) in [6.07, 6.45) is -0.802. The van der Waals surface area contributed by atoms with Crippen LogP contribution in [0.15, 0.2) is 18.2 Å². The van der Waals surface area contributed by atoms with Gasteiger partial charge >= 0.3 is 11.9 Å². The molecule has 0 aliphatic carbocycles. The third-order valence-electron chi connectivity index (χ3n) is 2.42. The molecule has 1 aliphatic rings. The molecule has 1 heterocycles. The number of cyclic esters (lactones) is 1. The highest BCUT2D eigenvalue weighted by atomic mass is 16.6. The van der Waals surface area contributed by atoms with Gasteiger partial charge in [-0.2, -0.15) is 0 Å². The number of fused-ring (bicyclic) bond motifs is 1. The Bertz CT molecular complexity index is 436. The standard InChI is InChI=1S/C11H10O4/c1-6-2-3-7-5-9(10(12)13)15-11(14)8(7)4-6/h2-4,9H,5H2,1H3,(H,12,13)/t9-/m0/s1. The maximum absolute atomic E-state index is 11.5. The number of carbonyl (C=O) groups excluding carboxylic acids is 1. The number of hydrogen-bond acceptors (Lipinski definition) is 3. The molecule has 0 amide bonds. The number of hydrogen-bond donors (Lipinski definition) is 1. The molecule has 4 nitrogen and oxygen atoms in total. The van der Waals surface area contributed by atoms with Gasteiger partial charge in [-0.25, -0.2) is 9.59 Å². The first-order valence-electron chi connectivity index (χ1n) is 4.61. The average molecular weight is 206 g/mol. The lowest BCUT2D eigenvalue weighted by molar-refractivity contribution is -0.147. The monoisotopic (exact) mass is 206 g/mol. The Labute approximate surface area is 86.5 Å². The van der Waals surface area contributed by atoms with Crippen molar-refractivity contribution in [3.8, 4) is 0 Å². The molecule has 2 rings (SSSR count). The first-order valence-corrected chi connectivity index (χ1v) is 4.61. The fraction of sp³-hybridized carbons (Fsp3) is 0.273. The van der Waals surface area contributed by atoms with Crippen LogP contribution in [0.4, 0.5) is 0 Å². The number of carboxylic acid groups (broad SMARTS) is 1. The molecule has 0 radical (unpaired) electrons. The topological polar surface area (TPSA) is 63.6 Å². The molecular formula is C11H10O4. The molecule has 4 heteroatoms. The van der Waals surface area contributed by atoms with Gasteiger partial charge in [-0.3, -0.25) is 0 Å². The summed E-state index contributed by atoms with van der Waals surface area (Å²) in [6.45, 7) is 1.87. The Kier molecular flexibility index (Phi) is 2.19. The van der Waals surface area contributed by atoms with E-state index in [0.717, 1.165) is 11.1 Å². The Hall–Kier alpha value is -1.84. The van der Waals surface area contributed by atoms with Gasteiger partial charge in [-0.15, -0.1) is 0 Å². The van der Waals surface area contributed by atoms with Crippen LogP contribution in [0.1, 0.15) is 21.5 Å². The van der Waals surface area contributed by atoms with E-state index in [1.165, 1.54) is 0 Å². The number of aliphatic carboxylic acids is 1. The van der Waals surface area contributed by atoms with Crippen molar-refractivity contribution >= 4 is 11.9 Å². The molecule has 1 aromatic rings. The van der Waals surface area contributed by atoms with E-state index in [9.17, 15) is 9.59 Å². The Balaban J connectivity index is 2.41. The van der Waals surface area contributed by atoms with Crippen LogP contribution in [0.5, 0.6) is 0 Å². The summed E-state index contributed by atoms with van der Waals surface area (Å²) in [4.78, 5) is 22.2. The molecule has 0 saturated heterocycles. The second-order valence-electron chi connectivity index (χ2n) is 3.60. The van der Waals surface area contributed by atoms with Crippen molar-refractivity contribution in [3.05, 3.63) is 34.9 Å². The van der Waals surface area contributed by atoms with Gasteiger partial charge in [-0.05, 0) is 18.6 Å². The summed E-state index contributed by atoms with van der Waals surface area (Å²) < 4.78 is 4.79. The van der Waals surface area contributed by atoms with Crippen LogP contribution in [-0.4, -0.2) is 23.1 Å². The number of benzene rings is 1. The quantitative estimate of drug-likeness (QED) is 0.700. The van der Waals surface area contributed by atoms with Crippen molar-refractivity contribution in [3.63, 3.8) is 0 Å². The summed E-state index contributed by atoms with van der Waals surface area (Å²) in [5.41, 5.74) is 2.18. The lowest BCUT2D eigenvalue weighted by atomic mass is 9.97. The van der Waals surface area contributed by atoms with Crippen molar-refractivity contribution in [2.75, 3.05) is 0 Å². The van der Waals surface area contributed by atoms with Crippen LogP contribution < -0.4 is 0 Å². The van der Waals surface area contributed by atoms with E-state index in [1.807, 2.05) is 13.0 Å². The number of ether oxygens (including phenoxy) is 1. The minimum Gasteiger partial charge on any atom is -0.478 e. The molecule has 1 aliphatic heterocycles. The van der Waals surface area contributed by atoms with Crippen molar-refractivity contribution < 1.29 is 19.4 Å². The fourth-order valence-electron chi connectivity index (χ4n) is 1.63. The van der Waals surface area contributed by atoms with Gasteiger partial charge in [0.2, 0.25) is 6.10 Å². The molecular weight excluding hydrogens is 196 g/mol. The van der Waals surface area contributed by atoms with E-state index < -0.39 is 18.0 Å². The first kappa shape index (κ1) is 9.71. The first-order chi connectivity index (χ1) is 7.08. The fourth-order valence-corrected chi connectivity index (χ4v) is 1.63. The molecule has 0 fully saturated rings. The SMILES string of the molecule is Cc1ccc2c(c1)C(=O)O[C@H](C(=O)O)C2. The summed E-state index contributed by atoms with van der Waals surface area (Å²) in [6, 6.07) is 5.35. The maximum Gasteiger partial charge on any atom is 0.345 e. The van der Waals surface area contributed by atoms with Crippen LogP contribution in [0.25, 0.3) is 0 Å². The number of rotatable bonds is 1. The zero-order chi connectivity index (χ0) is 11.0. The molecule has 15 heavy (non-hydrogen) atoms. The summed E-state index contributed by atoms with van der Waals surface area (Å²) >= 11 is 0. The molecule has 1 N–H and O–H groups in total. The third-order valence-corrected chi connectivity index (χ3v) is 2.42. The largest absolute Gasteiger partial charge is 0.478 e. The molecule has 1 aromatic carbocycles. The van der Waals surface area contributed by atoms with E-state index in [0.29, 0.717) is 5.56 Å². The van der Waals surface area contributed by atoms with Crippen molar-refractivity contribution in [1.29, 1.82) is 0 Å². The second-order valence-corrected chi connectivity index (χ2v) is 3.60. The predicted octanol–water partition coefficient (Wildman–Crippen LogP) is 1.16. The van der Waals surface area contributed by atoms with E-state index in [4.69, 9.17) is 9.84 Å². The van der Waals surface area contributed by atoms with Gasteiger partial charge in [-0.1, -0.05) is 17.7 Å². The van der Waals surface area contributed by atoms with Crippen LogP contribution in [0.2, 0.25) is 0 Å². The van der Waals surface area contributed by atoms with E-state index in [-0.39, 0.29) is 6.42 Å². The smallest absolute Gasteiger partial charge is 0.345 e. The van der Waals surface area contributed by atoms with Gasteiger partial charge in [0.05, 0.1) is 5.56 Å². The predicted molar refractivity (Wildman–Crippen MR) is 51.7 cm³/mol. The van der Waals surface area contributed by atoms with Gasteiger partial charge in [0.25, 0.3) is 0 Å². The van der Waals surface area contributed by atoms with Gasteiger partial charge in [0.15, 0.2) is 0 Å². The highest BCUT2D eigenvalue weighted by Crippen LogP contribution is 2.21. The lowest BCUT2D eigenvalue weighted by Gasteiger charge is -2.21. The van der Waals surface area contributed by atoms with Gasteiger partial charge in [0.1, 0.15) is 0 Å². The second kappa shape index (κ2) is 3.38. The lowest BCUT2D eigenvalue weighted by Crippen LogP contribution is -2.34. The zero-order valence-corrected chi connectivity index (χ0v) is 8.19. The number of carbonyl (C=O) groups is 2. The van der Waals surface area contributed by atoms with Crippen LogP contribution in [0.3, 0.4) is 0 Å². The van der Waals surface area contributed by atoms with Crippen molar-refractivity contribution in [2.45, 2.75) is 19.4 Å². The molecule has 0 spiro atoms. The molecule has 78 valence electrons. The highest BCUT2D eigenvalue weighted by molar-refractivity contribution is 5.94. The maximum atomic E-state index is 11.5. The minimum atomic E-state index is -1.10. The molecule has 0 unspecified atom stereocenters. The molecule has 1 atom stereocenters. The van der Waals surface area contributed by atoms with Crippen LogP contribution in [0, 0.1) is 6.92 Å². The number of esters is 1. The number of aryl methyl sites for hydroxylation is 1. The van der Waals surface area contributed by atoms with Gasteiger partial charge < -0.3 is 9.84 Å². The summed E-state index contributed by atoms with van der Waals surface area (Å²) in [5.74, 6) is -1.65. The summed E-state index contributed by atoms with van der Waals surface area (Å²) in [7, 11) is 0. The van der Waals surface area contributed by atoms with Crippen LogP contribution >= 0.6 is 0 Å². The number of carboxylic acids is 1. The van der Waals surface area contributed by atoms with E-state index >= 15 is 0 Å². The summed E-state index contributed by atoms with van der Waals surface area (Å²) in [5, 5.41) is 8.76. The zero-order valence-electron chi connectivity index (χ0n) is 8.19. The Morgan fingerprint density at radius 1 is 1.53 bits per heavy atom. The van der Waals surface area contributed by atoms with Crippen molar-refractivity contribution in [1.82, 2.24) is 0 Å². The van der Waals surface area contributed by atoms with Crippen molar-refractivity contribution in [2.24, 2.45) is 0 Å². The van der Waals surface area contributed by atoms with Crippen LogP contribution in [-0.2, 0) is 16.0 Å². The average Bonchev–Trinajstić information content (AvgIpc) is 2.18. The Morgan fingerprint density at radius 3 is 2.93 bits per heavy atom. The molecule has 0 bridgehead atoms. The highest BCUT2D eigenvalue weighted by Gasteiger charge is 2.30. The third kappa shape index (κ3) is 1.70.